The predicted octanol–water partition coefficient (Wildman–Crippen LogP) is 0.901. The molecule has 2 heteroatoms. The van der Waals surface area contributed by atoms with Crippen LogP contribution in [0.1, 0.15) is 33.1 Å². The van der Waals surface area contributed by atoms with Crippen molar-refractivity contribution in [2.24, 2.45) is 0 Å². The Morgan fingerprint density at radius 3 is 2.58 bits per heavy atom. The van der Waals surface area contributed by atoms with E-state index in [-0.39, 0.29) is 17.7 Å². The second kappa shape index (κ2) is 3.47. The minimum absolute atomic E-state index is 0.191. The average molecular weight is 167 g/mol. The molecule has 2 nitrogen and oxygen atoms in total. The van der Waals surface area contributed by atoms with Crippen LogP contribution in [0.4, 0.5) is 0 Å². The molecule has 1 fully saturated rings. The number of aliphatic hydroxyl groups is 1. The van der Waals surface area contributed by atoms with Gasteiger partial charge in [-0.25, -0.2) is 0 Å². The molecule has 1 rings (SSSR count). The summed E-state index contributed by atoms with van der Waals surface area (Å²) < 4.78 is 0. The summed E-state index contributed by atoms with van der Waals surface area (Å²) in [5.74, 6) is 2.67. The molecular weight excluding hydrogens is 150 g/mol. The van der Waals surface area contributed by atoms with Gasteiger partial charge in [-0.05, 0) is 33.1 Å². The van der Waals surface area contributed by atoms with Crippen LogP contribution in [0.25, 0.3) is 0 Å². The van der Waals surface area contributed by atoms with Crippen LogP contribution in [0.5, 0.6) is 0 Å². The number of hydrogen-bond acceptors (Lipinski definition) is 2. The largest absolute Gasteiger partial charge is 0.392 e. The molecule has 0 aromatic heterocycles. The van der Waals surface area contributed by atoms with Crippen LogP contribution >= 0.6 is 0 Å². The first-order chi connectivity index (χ1) is 5.55. The van der Waals surface area contributed by atoms with Crippen molar-refractivity contribution < 1.29 is 5.11 Å². The molecule has 0 aromatic rings. The normalized spacial score (nSPS) is 30.2. The van der Waals surface area contributed by atoms with Gasteiger partial charge in [0.15, 0.2) is 0 Å². The maximum atomic E-state index is 9.52. The zero-order valence-electron chi connectivity index (χ0n) is 7.80. The summed E-state index contributed by atoms with van der Waals surface area (Å²) >= 11 is 0. The molecule has 68 valence electrons. The molecule has 0 spiro atoms. The SMILES string of the molecule is C#CC(C)(C)NC1CCCC1O. The number of aliphatic hydroxyl groups excluding tert-OH is 1. The van der Waals surface area contributed by atoms with Crippen LogP contribution in [0.2, 0.25) is 0 Å². The molecule has 2 unspecified atom stereocenters. The van der Waals surface area contributed by atoms with E-state index in [9.17, 15) is 5.11 Å². The maximum absolute atomic E-state index is 9.52. The van der Waals surface area contributed by atoms with E-state index in [0.717, 1.165) is 19.3 Å². The highest BCUT2D eigenvalue weighted by Gasteiger charge is 2.29. The summed E-state index contributed by atoms with van der Waals surface area (Å²) in [6.07, 6.45) is 8.16. The highest BCUT2D eigenvalue weighted by Crippen LogP contribution is 2.20. The molecule has 0 heterocycles. The first-order valence-corrected chi connectivity index (χ1v) is 4.49. The minimum Gasteiger partial charge on any atom is -0.392 e. The van der Waals surface area contributed by atoms with Crippen LogP contribution in [0, 0.1) is 12.3 Å². The second-order valence-corrected chi connectivity index (χ2v) is 4.02. The van der Waals surface area contributed by atoms with E-state index in [1.54, 1.807) is 0 Å². The van der Waals surface area contributed by atoms with Gasteiger partial charge in [0.25, 0.3) is 0 Å². The van der Waals surface area contributed by atoms with Gasteiger partial charge in [-0.2, -0.15) is 0 Å². The summed E-state index contributed by atoms with van der Waals surface area (Å²) in [5.41, 5.74) is -0.296. The van der Waals surface area contributed by atoms with E-state index in [4.69, 9.17) is 6.42 Å². The van der Waals surface area contributed by atoms with E-state index < -0.39 is 0 Å². The predicted molar refractivity (Wildman–Crippen MR) is 49.7 cm³/mol. The molecule has 1 aliphatic carbocycles. The number of terminal acetylenes is 1. The second-order valence-electron chi connectivity index (χ2n) is 4.02. The molecule has 0 amide bonds. The van der Waals surface area contributed by atoms with Crippen molar-refractivity contribution in [1.29, 1.82) is 0 Å². The molecule has 0 bridgehead atoms. The van der Waals surface area contributed by atoms with Crippen molar-refractivity contribution in [3.63, 3.8) is 0 Å². The van der Waals surface area contributed by atoms with Gasteiger partial charge in [0.2, 0.25) is 0 Å². The van der Waals surface area contributed by atoms with Gasteiger partial charge in [0.05, 0.1) is 11.6 Å². The Kier molecular flexibility index (Phi) is 2.76. The van der Waals surface area contributed by atoms with Gasteiger partial charge < -0.3 is 5.11 Å². The smallest absolute Gasteiger partial charge is 0.0744 e. The minimum atomic E-state index is -0.296. The van der Waals surface area contributed by atoms with Crippen molar-refractivity contribution in [3.8, 4) is 12.3 Å². The topological polar surface area (TPSA) is 32.3 Å². The third kappa shape index (κ3) is 2.23. The van der Waals surface area contributed by atoms with Crippen molar-refractivity contribution in [1.82, 2.24) is 5.32 Å². The fraction of sp³-hybridized carbons (Fsp3) is 0.800. The van der Waals surface area contributed by atoms with Gasteiger partial charge >= 0.3 is 0 Å². The Labute approximate surface area is 74.4 Å². The van der Waals surface area contributed by atoms with Crippen molar-refractivity contribution in [2.75, 3.05) is 0 Å². The van der Waals surface area contributed by atoms with Crippen LogP contribution < -0.4 is 5.32 Å². The summed E-state index contributed by atoms with van der Waals surface area (Å²) in [6.45, 7) is 3.91. The first-order valence-electron chi connectivity index (χ1n) is 4.49. The van der Waals surface area contributed by atoms with Gasteiger partial charge in [-0.1, -0.05) is 5.92 Å². The zero-order valence-corrected chi connectivity index (χ0v) is 7.80. The van der Waals surface area contributed by atoms with Crippen LogP contribution in [0.3, 0.4) is 0 Å². The van der Waals surface area contributed by atoms with E-state index in [1.165, 1.54) is 0 Å². The fourth-order valence-corrected chi connectivity index (χ4v) is 1.61. The van der Waals surface area contributed by atoms with Crippen molar-refractivity contribution in [2.45, 2.75) is 50.8 Å². The Morgan fingerprint density at radius 2 is 2.17 bits per heavy atom. The molecular formula is C10H17NO. The summed E-state index contributed by atoms with van der Waals surface area (Å²) in [4.78, 5) is 0. The number of rotatable bonds is 2. The van der Waals surface area contributed by atoms with Crippen LogP contribution in [-0.4, -0.2) is 22.8 Å². The lowest BCUT2D eigenvalue weighted by Crippen LogP contribution is -2.48. The molecule has 1 saturated carbocycles. The van der Waals surface area contributed by atoms with Crippen LogP contribution in [-0.2, 0) is 0 Å². The molecule has 2 N–H and O–H groups in total. The lowest BCUT2D eigenvalue weighted by atomic mass is 10.0. The summed E-state index contributed by atoms with van der Waals surface area (Å²) in [7, 11) is 0. The molecule has 0 radical (unpaired) electrons. The molecule has 0 saturated heterocycles. The fourth-order valence-electron chi connectivity index (χ4n) is 1.61. The van der Waals surface area contributed by atoms with Gasteiger partial charge in [0.1, 0.15) is 0 Å². The van der Waals surface area contributed by atoms with E-state index in [1.807, 2.05) is 13.8 Å². The van der Waals surface area contributed by atoms with Gasteiger partial charge in [-0.15, -0.1) is 6.42 Å². The first kappa shape index (κ1) is 9.57. The third-order valence-electron chi connectivity index (χ3n) is 2.39. The van der Waals surface area contributed by atoms with E-state index in [0.29, 0.717) is 0 Å². The van der Waals surface area contributed by atoms with Crippen molar-refractivity contribution >= 4 is 0 Å². The lowest BCUT2D eigenvalue weighted by molar-refractivity contribution is 0.139. The molecule has 2 atom stereocenters. The Bertz CT molecular complexity index is 193. The molecule has 12 heavy (non-hydrogen) atoms. The van der Waals surface area contributed by atoms with E-state index >= 15 is 0 Å². The van der Waals surface area contributed by atoms with Gasteiger partial charge in [0, 0.05) is 6.04 Å². The third-order valence-corrected chi connectivity index (χ3v) is 2.39. The standard InChI is InChI=1S/C10H17NO/c1-4-10(2,3)11-8-6-5-7-9(8)12/h1,8-9,11-12H,5-7H2,2-3H3. The number of hydrogen-bond donors (Lipinski definition) is 2. The molecule has 0 aromatic carbocycles. The number of nitrogens with one attached hydrogen (secondary N) is 1. The van der Waals surface area contributed by atoms with E-state index in [2.05, 4.69) is 11.2 Å². The summed E-state index contributed by atoms with van der Waals surface area (Å²) in [6, 6.07) is 0.191. The van der Waals surface area contributed by atoms with Gasteiger partial charge in [-0.3, -0.25) is 5.32 Å². The highest BCUT2D eigenvalue weighted by molar-refractivity contribution is 5.09. The Morgan fingerprint density at radius 1 is 1.50 bits per heavy atom. The maximum Gasteiger partial charge on any atom is 0.0744 e. The lowest BCUT2D eigenvalue weighted by Gasteiger charge is -2.26. The van der Waals surface area contributed by atoms with Crippen molar-refractivity contribution in [3.05, 3.63) is 0 Å². The highest BCUT2D eigenvalue weighted by atomic mass is 16.3. The average Bonchev–Trinajstić information content (AvgIpc) is 2.36. The quantitative estimate of drug-likeness (QED) is 0.599. The monoisotopic (exact) mass is 167 g/mol. The Balaban J connectivity index is 2.46. The Hall–Kier alpha value is -0.520. The summed E-state index contributed by atoms with van der Waals surface area (Å²) in [5, 5.41) is 12.8. The molecule has 0 aliphatic heterocycles. The van der Waals surface area contributed by atoms with Crippen LogP contribution in [0.15, 0.2) is 0 Å². The molecule has 1 aliphatic rings. The zero-order chi connectivity index (χ0) is 9.19.